The third kappa shape index (κ3) is 1.58. The molecule has 1 aliphatic rings. The molecule has 0 radical (unpaired) electrons. The minimum Gasteiger partial charge on any atom is -0.452 e. The van der Waals surface area contributed by atoms with Crippen LogP contribution in [-0.2, 0) is 9.53 Å². The summed E-state index contributed by atoms with van der Waals surface area (Å²) in [6.07, 6.45) is 0.253. The zero-order valence-corrected chi connectivity index (χ0v) is 6.28. The van der Waals surface area contributed by atoms with E-state index in [2.05, 4.69) is 0 Å². The fourth-order valence-corrected chi connectivity index (χ4v) is 0.889. The van der Waals surface area contributed by atoms with E-state index < -0.39 is 12.2 Å². The number of rotatable bonds is 2. The summed E-state index contributed by atoms with van der Waals surface area (Å²) < 4.78 is 4.76. The van der Waals surface area contributed by atoms with Crippen molar-refractivity contribution >= 4 is 5.97 Å². The maximum Gasteiger partial charge on any atom is 0.334 e. The second-order valence-corrected chi connectivity index (χ2v) is 2.52. The van der Waals surface area contributed by atoms with Gasteiger partial charge in [-0.25, -0.2) is 4.79 Å². The second-order valence-electron chi connectivity index (χ2n) is 2.52. The molecule has 4 heteroatoms. The van der Waals surface area contributed by atoms with E-state index in [-0.39, 0.29) is 12.5 Å². The molecule has 0 aromatic carbocycles. The normalized spacial score (nSPS) is 26.3. The Bertz CT molecular complexity index is 200. The molecule has 1 aliphatic heterocycles. The summed E-state index contributed by atoms with van der Waals surface area (Å²) in [6, 6.07) is 0. The van der Waals surface area contributed by atoms with Crippen LogP contribution in [0.2, 0.25) is 0 Å². The second kappa shape index (κ2) is 3.02. The Balaban J connectivity index is 2.60. The number of hydrogen-bond acceptors (Lipinski definition) is 4. The zero-order chi connectivity index (χ0) is 8.43. The van der Waals surface area contributed by atoms with E-state index in [0.717, 1.165) is 0 Å². The van der Waals surface area contributed by atoms with Crippen LogP contribution >= 0.6 is 0 Å². The molecule has 0 saturated heterocycles. The number of ether oxygens (including phenoxy) is 1. The number of hydrogen-bond donors (Lipinski definition) is 2. The van der Waals surface area contributed by atoms with Crippen LogP contribution in [0.3, 0.4) is 0 Å². The van der Waals surface area contributed by atoms with Gasteiger partial charge in [0.05, 0.1) is 0 Å². The van der Waals surface area contributed by atoms with Crippen molar-refractivity contribution in [3.63, 3.8) is 0 Å². The molecule has 0 fully saturated rings. The van der Waals surface area contributed by atoms with Crippen LogP contribution in [0.25, 0.3) is 0 Å². The van der Waals surface area contributed by atoms with E-state index >= 15 is 0 Å². The number of nitrogens with two attached hydrogens (primary N) is 1. The Labute approximate surface area is 64.6 Å². The van der Waals surface area contributed by atoms with E-state index in [1.807, 2.05) is 0 Å². The lowest BCUT2D eigenvalue weighted by molar-refractivity contribution is -0.143. The van der Waals surface area contributed by atoms with Crippen LogP contribution in [0.4, 0.5) is 0 Å². The third-order valence-electron chi connectivity index (χ3n) is 1.60. The number of cyclic esters (lactones) is 1. The average molecular weight is 157 g/mol. The maximum atomic E-state index is 10.8. The molecule has 1 heterocycles. The van der Waals surface area contributed by atoms with Crippen LogP contribution in [-0.4, -0.2) is 29.8 Å². The fourth-order valence-electron chi connectivity index (χ4n) is 0.889. The summed E-state index contributed by atoms with van der Waals surface area (Å²) in [4.78, 5) is 10.8. The highest BCUT2D eigenvalue weighted by molar-refractivity contribution is 5.90. The molecule has 4 nitrogen and oxygen atoms in total. The van der Waals surface area contributed by atoms with Crippen molar-refractivity contribution in [2.75, 3.05) is 6.54 Å². The average Bonchev–Trinajstić information content (AvgIpc) is 2.31. The summed E-state index contributed by atoms with van der Waals surface area (Å²) in [5.41, 5.74) is 5.70. The van der Waals surface area contributed by atoms with Crippen molar-refractivity contribution in [3.8, 4) is 0 Å². The monoisotopic (exact) mass is 157 g/mol. The number of aliphatic hydroxyl groups excluding tert-OH is 1. The molecule has 0 spiro atoms. The SMILES string of the molecule is CC1=CC([C@@H](O)CN)OC1=O. The first-order valence-corrected chi connectivity index (χ1v) is 3.42. The third-order valence-corrected chi connectivity index (χ3v) is 1.60. The Morgan fingerprint density at radius 1 is 1.91 bits per heavy atom. The molecular formula is C7H11NO3. The van der Waals surface area contributed by atoms with Crippen molar-refractivity contribution in [2.45, 2.75) is 19.1 Å². The van der Waals surface area contributed by atoms with Crippen LogP contribution in [0.15, 0.2) is 11.6 Å². The van der Waals surface area contributed by atoms with Crippen molar-refractivity contribution in [3.05, 3.63) is 11.6 Å². The van der Waals surface area contributed by atoms with Gasteiger partial charge in [0.1, 0.15) is 12.2 Å². The molecule has 0 aliphatic carbocycles. The van der Waals surface area contributed by atoms with Crippen molar-refractivity contribution < 1.29 is 14.6 Å². The molecule has 0 saturated carbocycles. The first-order valence-electron chi connectivity index (χ1n) is 3.42. The van der Waals surface area contributed by atoms with Gasteiger partial charge in [-0.2, -0.15) is 0 Å². The van der Waals surface area contributed by atoms with Gasteiger partial charge in [-0.05, 0) is 13.0 Å². The molecule has 0 aromatic heterocycles. The van der Waals surface area contributed by atoms with E-state index in [0.29, 0.717) is 5.57 Å². The van der Waals surface area contributed by atoms with E-state index in [1.54, 1.807) is 13.0 Å². The quantitative estimate of drug-likeness (QED) is 0.513. The van der Waals surface area contributed by atoms with Crippen LogP contribution in [0, 0.1) is 0 Å². The summed E-state index contributed by atoms with van der Waals surface area (Å²) in [5.74, 6) is -0.373. The molecule has 1 rings (SSSR count). The lowest BCUT2D eigenvalue weighted by atomic mass is 10.2. The Hall–Kier alpha value is -0.870. The summed E-state index contributed by atoms with van der Waals surface area (Å²) >= 11 is 0. The maximum absolute atomic E-state index is 10.8. The number of esters is 1. The van der Waals surface area contributed by atoms with Crippen LogP contribution in [0.5, 0.6) is 0 Å². The highest BCUT2D eigenvalue weighted by Gasteiger charge is 2.27. The molecular weight excluding hydrogens is 146 g/mol. The number of aliphatic hydroxyl groups is 1. The molecule has 0 aromatic rings. The highest BCUT2D eigenvalue weighted by Crippen LogP contribution is 2.14. The standard InChI is InChI=1S/C7H11NO3/c1-4-2-6(5(9)3-8)11-7(4)10/h2,5-6,9H,3,8H2,1H3/t5-,6?/m0/s1. The van der Waals surface area contributed by atoms with Gasteiger partial charge >= 0.3 is 5.97 Å². The largest absolute Gasteiger partial charge is 0.452 e. The lowest BCUT2D eigenvalue weighted by Gasteiger charge is -2.12. The summed E-state index contributed by atoms with van der Waals surface area (Å²) in [7, 11) is 0. The van der Waals surface area contributed by atoms with Crippen molar-refractivity contribution in [2.24, 2.45) is 5.73 Å². The summed E-state index contributed by atoms with van der Waals surface area (Å²) in [6.45, 7) is 1.74. The molecule has 0 amide bonds. The van der Waals surface area contributed by atoms with Gasteiger partial charge in [0.25, 0.3) is 0 Å². The van der Waals surface area contributed by atoms with Crippen LogP contribution < -0.4 is 5.73 Å². The summed E-state index contributed by atoms with van der Waals surface area (Å²) in [5, 5.41) is 9.15. The van der Waals surface area contributed by atoms with Crippen LogP contribution in [0.1, 0.15) is 6.92 Å². The number of carbonyl (C=O) groups is 1. The van der Waals surface area contributed by atoms with Gasteiger partial charge in [0, 0.05) is 12.1 Å². The van der Waals surface area contributed by atoms with Gasteiger partial charge in [-0.15, -0.1) is 0 Å². The molecule has 62 valence electrons. The Morgan fingerprint density at radius 2 is 2.55 bits per heavy atom. The van der Waals surface area contributed by atoms with Gasteiger partial charge in [0.2, 0.25) is 0 Å². The first-order chi connectivity index (χ1) is 5.15. The Kier molecular flexibility index (Phi) is 2.26. The predicted molar refractivity (Wildman–Crippen MR) is 38.7 cm³/mol. The van der Waals surface area contributed by atoms with E-state index in [1.165, 1.54) is 0 Å². The van der Waals surface area contributed by atoms with Gasteiger partial charge < -0.3 is 15.6 Å². The molecule has 0 bridgehead atoms. The van der Waals surface area contributed by atoms with Crippen molar-refractivity contribution in [1.29, 1.82) is 0 Å². The molecule has 3 N–H and O–H groups in total. The Morgan fingerprint density at radius 3 is 2.91 bits per heavy atom. The number of carbonyl (C=O) groups excluding carboxylic acids is 1. The van der Waals surface area contributed by atoms with E-state index in [4.69, 9.17) is 15.6 Å². The van der Waals surface area contributed by atoms with Gasteiger partial charge in [0.15, 0.2) is 0 Å². The van der Waals surface area contributed by atoms with Crippen molar-refractivity contribution in [1.82, 2.24) is 0 Å². The topological polar surface area (TPSA) is 72.6 Å². The lowest BCUT2D eigenvalue weighted by Crippen LogP contribution is -2.32. The fraction of sp³-hybridized carbons (Fsp3) is 0.571. The predicted octanol–water partition coefficient (Wildman–Crippen LogP) is -0.822. The molecule has 2 atom stereocenters. The minimum absolute atomic E-state index is 0.0989. The zero-order valence-electron chi connectivity index (χ0n) is 6.28. The van der Waals surface area contributed by atoms with Gasteiger partial charge in [-0.1, -0.05) is 0 Å². The highest BCUT2D eigenvalue weighted by atomic mass is 16.6. The molecule has 1 unspecified atom stereocenters. The first kappa shape index (κ1) is 8.23. The van der Waals surface area contributed by atoms with Gasteiger partial charge in [-0.3, -0.25) is 0 Å². The molecule has 11 heavy (non-hydrogen) atoms. The minimum atomic E-state index is -0.781. The smallest absolute Gasteiger partial charge is 0.334 e. The van der Waals surface area contributed by atoms with E-state index in [9.17, 15) is 4.79 Å².